The standard InChI is InChI=1S/C10H19NO2/c1-3-8(4-2)11-9(10(12)13)7-5-6-7/h7-9,11H,3-6H2,1-2H3,(H,12,13). The topological polar surface area (TPSA) is 49.3 Å². The van der Waals surface area contributed by atoms with Gasteiger partial charge in [-0.05, 0) is 31.6 Å². The van der Waals surface area contributed by atoms with Gasteiger partial charge in [0.2, 0.25) is 0 Å². The largest absolute Gasteiger partial charge is 0.480 e. The Bertz CT molecular complexity index is 174. The van der Waals surface area contributed by atoms with E-state index >= 15 is 0 Å². The van der Waals surface area contributed by atoms with Gasteiger partial charge in [0.05, 0.1) is 0 Å². The summed E-state index contributed by atoms with van der Waals surface area (Å²) in [5, 5.41) is 12.2. The molecule has 1 saturated carbocycles. The lowest BCUT2D eigenvalue weighted by Gasteiger charge is -2.20. The maximum atomic E-state index is 10.9. The van der Waals surface area contributed by atoms with Crippen molar-refractivity contribution in [3.8, 4) is 0 Å². The molecule has 0 heterocycles. The number of aliphatic carboxylic acids is 1. The molecule has 1 fully saturated rings. The van der Waals surface area contributed by atoms with Crippen molar-refractivity contribution in [2.75, 3.05) is 0 Å². The van der Waals surface area contributed by atoms with Gasteiger partial charge in [0.15, 0.2) is 0 Å². The number of carboxylic acids is 1. The molecule has 1 aliphatic rings. The number of rotatable bonds is 6. The van der Waals surface area contributed by atoms with Crippen molar-refractivity contribution >= 4 is 5.97 Å². The molecule has 0 bridgehead atoms. The Balaban J connectivity index is 2.41. The molecule has 1 aliphatic carbocycles. The second kappa shape index (κ2) is 4.61. The van der Waals surface area contributed by atoms with Crippen LogP contribution in [0.2, 0.25) is 0 Å². The number of hydrogen-bond donors (Lipinski definition) is 2. The summed E-state index contributed by atoms with van der Waals surface area (Å²) < 4.78 is 0. The molecule has 13 heavy (non-hydrogen) atoms. The van der Waals surface area contributed by atoms with E-state index in [0.29, 0.717) is 12.0 Å². The Morgan fingerprint density at radius 2 is 2.00 bits per heavy atom. The summed E-state index contributed by atoms with van der Waals surface area (Å²) in [6.07, 6.45) is 4.16. The Kier molecular flexibility index (Phi) is 3.72. The highest BCUT2D eigenvalue weighted by Gasteiger charge is 2.36. The monoisotopic (exact) mass is 185 g/mol. The van der Waals surface area contributed by atoms with Crippen molar-refractivity contribution in [2.24, 2.45) is 5.92 Å². The summed E-state index contributed by atoms with van der Waals surface area (Å²) in [4.78, 5) is 10.9. The highest BCUT2D eigenvalue weighted by Crippen LogP contribution is 2.33. The second-order valence-corrected chi connectivity index (χ2v) is 3.83. The Morgan fingerprint density at radius 1 is 1.46 bits per heavy atom. The molecule has 1 rings (SSSR count). The van der Waals surface area contributed by atoms with E-state index < -0.39 is 5.97 Å². The Hall–Kier alpha value is -0.570. The van der Waals surface area contributed by atoms with Crippen LogP contribution in [0.15, 0.2) is 0 Å². The maximum absolute atomic E-state index is 10.9. The third kappa shape index (κ3) is 2.99. The van der Waals surface area contributed by atoms with Crippen LogP contribution in [0.25, 0.3) is 0 Å². The minimum atomic E-state index is -0.686. The molecule has 0 radical (unpaired) electrons. The van der Waals surface area contributed by atoms with Crippen molar-refractivity contribution in [1.82, 2.24) is 5.32 Å². The summed E-state index contributed by atoms with van der Waals surface area (Å²) in [7, 11) is 0. The second-order valence-electron chi connectivity index (χ2n) is 3.83. The van der Waals surface area contributed by atoms with Gasteiger partial charge >= 0.3 is 5.97 Å². The molecule has 1 atom stereocenters. The van der Waals surface area contributed by atoms with Crippen LogP contribution < -0.4 is 5.32 Å². The van der Waals surface area contributed by atoms with E-state index in [1.54, 1.807) is 0 Å². The zero-order valence-corrected chi connectivity index (χ0v) is 8.42. The van der Waals surface area contributed by atoms with Gasteiger partial charge in [0.25, 0.3) is 0 Å². The van der Waals surface area contributed by atoms with Crippen molar-refractivity contribution < 1.29 is 9.90 Å². The molecular weight excluding hydrogens is 166 g/mol. The fourth-order valence-corrected chi connectivity index (χ4v) is 1.62. The number of carbonyl (C=O) groups is 1. The summed E-state index contributed by atoms with van der Waals surface area (Å²) in [6, 6.07) is 0.0617. The number of carboxylic acid groups (broad SMARTS) is 1. The summed E-state index contributed by atoms with van der Waals surface area (Å²) in [5.41, 5.74) is 0. The lowest BCUT2D eigenvalue weighted by Crippen LogP contribution is -2.44. The minimum absolute atomic E-state index is 0.301. The zero-order valence-electron chi connectivity index (χ0n) is 8.42. The van der Waals surface area contributed by atoms with Gasteiger partial charge < -0.3 is 10.4 Å². The molecule has 3 nitrogen and oxygen atoms in total. The van der Waals surface area contributed by atoms with Crippen LogP contribution in [0.4, 0.5) is 0 Å². The van der Waals surface area contributed by atoms with Gasteiger partial charge in [-0.1, -0.05) is 13.8 Å². The van der Waals surface area contributed by atoms with Crippen LogP contribution in [-0.4, -0.2) is 23.2 Å². The average molecular weight is 185 g/mol. The Labute approximate surface area is 79.5 Å². The van der Waals surface area contributed by atoms with Gasteiger partial charge in [0, 0.05) is 6.04 Å². The fraction of sp³-hybridized carbons (Fsp3) is 0.900. The van der Waals surface area contributed by atoms with Gasteiger partial charge in [0.1, 0.15) is 6.04 Å². The van der Waals surface area contributed by atoms with Crippen molar-refractivity contribution in [2.45, 2.75) is 51.6 Å². The maximum Gasteiger partial charge on any atom is 0.320 e. The number of hydrogen-bond acceptors (Lipinski definition) is 2. The highest BCUT2D eigenvalue weighted by atomic mass is 16.4. The predicted molar refractivity (Wildman–Crippen MR) is 51.7 cm³/mol. The first-order chi connectivity index (χ1) is 6.19. The van der Waals surface area contributed by atoms with E-state index in [-0.39, 0.29) is 6.04 Å². The predicted octanol–water partition coefficient (Wildman–Crippen LogP) is 1.63. The van der Waals surface area contributed by atoms with E-state index in [1.807, 2.05) is 0 Å². The molecule has 0 saturated heterocycles. The fourth-order valence-electron chi connectivity index (χ4n) is 1.62. The lowest BCUT2D eigenvalue weighted by atomic mass is 10.1. The molecule has 3 heteroatoms. The SMILES string of the molecule is CCC(CC)NC(C(=O)O)C1CC1. The quantitative estimate of drug-likeness (QED) is 0.661. The summed E-state index contributed by atoms with van der Waals surface area (Å²) in [6.45, 7) is 4.18. The molecule has 0 aromatic carbocycles. The van der Waals surface area contributed by atoms with Gasteiger partial charge in [-0.25, -0.2) is 0 Å². The minimum Gasteiger partial charge on any atom is -0.480 e. The Morgan fingerprint density at radius 3 is 2.31 bits per heavy atom. The van der Waals surface area contributed by atoms with Crippen molar-refractivity contribution in [1.29, 1.82) is 0 Å². The normalized spacial score (nSPS) is 19.0. The molecule has 1 unspecified atom stereocenters. The number of nitrogens with one attached hydrogen (secondary N) is 1. The molecule has 2 N–H and O–H groups in total. The first kappa shape index (κ1) is 10.5. The smallest absolute Gasteiger partial charge is 0.320 e. The van der Waals surface area contributed by atoms with Crippen LogP contribution in [0.5, 0.6) is 0 Å². The van der Waals surface area contributed by atoms with Crippen molar-refractivity contribution in [3.05, 3.63) is 0 Å². The van der Waals surface area contributed by atoms with Crippen LogP contribution >= 0.6 is 0 Å². The highest BCUT2D eigenvalue weighted by molar-refractivity contribution is 5.74. The molecule has 0 aromatic rings. The first-order valence-corrected chi connectivity index (χ1v) is 5.17. The first-order valence-electron chi connectivity index (χ1n) is 5.17. The van der Waals surface area contributed by atoms with Crippen LogP contribution in [0.3, 0.4) is 0 Å². The third-order valence-corrected chi connectivity index (χ3v) is 2.76. The van der Waals surface area contributed by atoms with E-state index in [4.69, 9.17) is 5.11 Å². The molecule has 0 aromatic heterocycles. The lowest BCUT2D eigenvalue weighted by molar-refractivity contribution is -0.140. The summed E-state index contributed by atoms with van der Waals surface area (Å²) in [5.74, 6) is -0.299. The van der Waals surface area contributed by atoms with E-state index in [1.165, 1.54) is 0 Å². The van der Waals surface area contributed by atoms with Crippen LogP contribution in [0.1, 0.15) is 39.5 Å². The molecule has 0 amide bonds. The van der Waals surface area contributed by atoms with Crippen molar-refractivity contribution in [3.63, 3.8) is 0 Å². The molecule has 76 valence electrons. The van der Waals surface area contributed by atoms with Gasteiger partial charge in [-0.3, -0.25) is 4.79 Å². The van der Waals surface area contributed by atoms with Gasteiger partial charge in [-0.15, -0.1) is 0 Å². The summed E-state index contributed by atoms with van der Waals surface area (Å²) >= 11 is 0. The van der Waals surface area contributed by atoms with E-state index in [2.05, 4.69) is 19.2 Å². The van der Waals surface area contributed by atoms with Crippen LogP contribution in [0, 0.1) is 5.92 Å². The third-order valence-electron chi connectivity index (χ3n) is 2.76. The van der Waals surface area contributed by atoms with Gasteiger partial charge in [-0.2, -0.15) is 0 Å². The molecular formula is C10H19NO2. The van der Waals surface area contributed by atoms with E-state index in [9.17, 15) is 4.79 Å². The van der Waals surface area contributed by atoms with E-state index in [0.717, 1.165) is 25.7 Å². The molecule has 0 aliphatic heterocycles. The zero-order chi connectivity index (χ0) is 9.84. The molecule has 0 spiro atoms. The average Bonchev–Trinajstić information content (AvgIpc) is 2.89. The van der Waals surface area contributed by atoms with Crippen LogP contribution in [-0.2, 0) is 4.79 Å².